The third kappa shape index (κ3) is 4.69. The molecule has 2 N–H and O–H groups in total. The van der Waals surface area contributed by atoms with E-state index in [1.54, 1.807) is 29.9 Å². The number of halogens is 3. The summed E-state index contributed by atoms with van der Waals surface area (Å²) in [5.41, 5.74) is 6.94. The molecule has 0 saturated carbocycles. The van der Waals surface area contributed by atoms with Gasteiger partial charge >= 0.3 is 6.18 Å². The van der Waals surface area contributed by atoms with Crippen LogP contribution in [0.2, 0.25) is 0 Å². The molecule has 0 aliphatic carbocycles. The molecule has 190 valence electrons. The van der Waals surface area contributed by atoms with Crippen LogP contribution < -0.4 is 5.73 Å². The fourth-order valence-corrected chi connectivity index (χ4v) is 5.25. The zero-order valence-electron chi connectivity index (χ0n) is 20.1. The minimum absolute atomic E-state index is 0.144. The number of rotatable bonds is 4. The topological polar surface area (TPSA) is 80.3 Å². The second kappa shape index (κ2) is 9.57. The lowest BCUT2D eigenvalue weighted by molar-refractivity contribution is -0.137. The predicted molar refractivity (Wildman–Crippen MR) is 131 cm³/mol. The lowest BCUT2D eigenvalue weighted by atomic mass is 10.0. The van der Waals surface area contributed by atoms with Gasteiger partial charge in [0, 0.05) is 43.5 Å². The maximum atomic E-state index is 13.8. The van der Waals surface area contributed by atoms with Gasteiger partial charge in [-0.2, -0.15) is 13.2 Å². The molecule has 0 unspecified atom stereocenters. The van der Waals surface area contributed by atoms with Crippen LogP contribution in [0, 0.1) is 0 Å². The number of nitrogens with zero attached hydrogens (tertiary/aromatic N) is 5. The van der Waals surface area contributed by atoms with Crippen molar-refractivity contribution in [2.45, 2.75) is 37.9 Å². The summed E-state index contributed by atoms with van der Waals surface area (Å²) in [6.07, 6.45) is 1.45. The Kier molecular flexibility index (Phi) is 6.46. The molecule has 0 atom stereocenters. The number of likely N-dealkylation sites (tertiary alicyclic amines) is 2. The normalized spacial score (nSPS) is 17.6. The van der Waals surface area contributed by atoms with Crippen molar-refractivity contribution in [2.24, 2.45) is 7.05 Å². The first kappa shape index (κ1) is 24.3. The Hall–Kier alpha value is -3.40. The molecule has 2 aliphatic rings. The fourth-order valence-electron chi connectivity index (χ4n) is 5.25. The number of amides is 1. The average Bonchev–Trinajstić information content (AvgIpc) is 3.52. The first-order valence-corrected chi connectivity index (χ1v) is 12.2. The first-order valence-electron chi connectivity index (χ1n) is 12.2. The standard InChI is InChI=1S/C26H29F3N6O/c1-33-23(25(36)35-14-10-20(11-15-35)34-12-2-3-13-34)22(18-6-9-21(30)31-16-18)32-24(33)17-4-7-19(8-5-17)26(27,28)29/h4-9,16,20H,2-3,10-15H2,1H3,(H2,30,31). The van der Waals surface area contributed by atoms with Crippen LogP contribution in [0.4, 0.5) is 19.0 Å². The largest absolute Gasteiger partial charge is 0.416 e. The summed E-state index contributed by atoms with van der Waals surface area (Å²) in [7, 11) is 1.72. The number of anilines is 1. The molecule has 10 heteroatoms. The van der Waals surface area contributed by atoms with Crippen molar-refractivity contribution >= 4 is 11.7 Å². The smallest absolute Gasteiger partial charge is 0.384 e. The SMILES string of the molecule is Cn1c(-c2ccc(C(F)(F)F)cc2)nc(-c2ccc(N)nc2)c1C(=O)N1CCC(N2CCCC2)CC1. The van der Waals surface area contributed by atoms with Crippen molar-refractivity contribution in [1.29, 1.82) is 0 Å². The van der Waals surface area contributed by atoms with Gasteiger partial charge in [0.25, 0.3) is 5.91 Å². The number of imidazole rings is 1. The molecule has 2 aromatic heterocycles. The number of hydrogen-bond donors (Lipinski definition) is 1. The van der Waals surface area contributed by atoms with Crippen molar-refractivity contribution in [3.63, 3.8) is 0 Å². The van der Waals surface area contributed by atoms with Crippen LogP contribution in [0.25, 0.3) is 22.6 Å². The average molecular weight is 499 g/mol. The van der Waals surface area contributed by atoms with Gasteiger partial charge < -0.3 is 20.1 Å². The van der Waals surface area contributed by atoms with E-state index in [9.17, 15) is 18.0 Å². The maximum absolute atomic E-state index is 13.8. The van der Waals surface area contributed by atoms with E-state index in [1.165, 1.54) is 25.0 Å². The molecule has 0 radical (unpaired) electrons. The summed E-state index contributed by atoms with van der Waals surface area (Å²) < 4.78 is 40.9. The number of nitrogens with two attached hydrogens (primary N) is 1. The number of benzene rings is 1. The van der Waals surface area contributed by atoms with Gasteiger partial charge in [0.15, 0.2) is 0 Å². The van der Waals surface area contributed by atoms with E-state index in [-0.39, 0.29) is 5.91 Å². The molecule has 2 aliphatic heterocycles. The van der Waals surface area contributed by atoms with E-state index >= 15 is 0 Å². The predicted octanol–water partition coefficient (Wildman–Crippen LogP) is 4.45. The van der Waals surface area contributed by atoms with Gasteiger partial charge in [-0.15, -0.1) is 0 Å². The lowest BCUT2D eigenvalue weighted by Crippen LogP contribution is -2.46. The minimum atomic E-state index is -4.43. The highest BCUT2D eigenvalue weighted by molar-refractivity contribution is 5.99. The molecule has 5 rings (SSSR count). The van der Waals surface area contributed by atoms with Crippen LogP contribution in [0.3, 0.4) is 0 Å². The number of aromatic nitrogens is 3. The van der Waals surface area contributed by atoms with Gasteiger partial charge in [-0.3, -0.25) is 4.79 Å². The summed E-state index contributed by atoms with van der Waals surface area (Å²) in [6.45, 7) is 3.57. The van der Waals surface area contributed by atoms with Crippen LogP contribution in [0.5, 0.6) is 0 Å². The molecule has 1 aromatic carbocycles. The summed E-state index contributed by atoms with van der Waals surface area (Å²) in [4.78, 5) is 27.0. The molecular weight excluding hydrogens is 469 g/mol. The Bertz CT molecular complexity index is 1220. The van der Waals surface area contributed by atoms with Crippen molar-refractivity contribution < 1.29 is 18.0 Å². The summed E-state index contributed by atoms with van der Waals surface area (Å²) >= 11 is 0. The Morgan fingerprint density at radius 3 is 2.19 bits per heavy atom. The third-order valence-electron chi connectivity index (χ3n) is 7.24. The molecule has 0 bridgehead atoms. The van der Waals surface area contributed by atoms with Crippen molar-refractivity contribution in [1.82, 2.24) is 24.3 Å². The molecule has 2 saturated heterocycles. The second-order valence-corrected chi connectivity index (χ2v) is 9.50. The number of pyridine rings is 1. The van der Waals surface area contributed by atoms with Crippen LogP contribution in [0.15, 0.2) is 42.6 Å². The van der Waals surface area contributed by atoms with Crippen molar-refractivity contribution in [2.75, 3.05) is 31.9 Å². The van der Waals surface area contributed by atoms with Crippen molar-refractivity contribution in [3.8, 4) is 22.6 Å². The summed E-state index contributed by atoms with van der Waals surface area (Å²) in [5, 5.41) is 0. The zero-order valence-corrected chi connectivity index (χ0v) is 20.1. The Labute approximate surface area is 207 Å². The number of hydrogen-bond acceptors (Lipinski definition) is 5. The summed E-state index contributed by atoms with van der Waals surface area (Å²) in [5.74, 6) is 0.607. The van der Waals surface area contributed by atoms with Crippen LogP contribution in [-0.2, 0) is 13.2 Å². The molecule has 3 aromatic rings. The van der Waals surface area contributed by atoms with E-state index in [4.69, 9.17) is 10.7 Å². The van der Waals surface area contributed by atoms with Gasteiger partial charge in [-0.1, -0.05) is 12.1 Å². The van der Waals surface area contributed by atoms with Gasteiger partial charge in [0.2, 0.25) is 0 Å². The van der Waals surface area contributed by atoms with E-state index in [1.807, 2.05) is 4.90 Å². The highest BCUT2D eigenvalue weighted by Crippen LogP contribution is 2.33. The fraction of sp³-hybridized carbons (Fsp3) is 0.423. The van der Waals surface area contributed by atoms with E-state index in [2.05, 4.69) is 9.88 Å². The number of carbonyl (C=O) groups is 1. The van der Waals surface area contributed by atoms with Crippen molar-refractivity contribution in [3.05, 3.63) is 53.9 Å². The molecule has 36 heavy (non-hydrogen) atoms. The Morgan fingerprint density at radius 2 is 1.61 bits per heavy atom. The lowest BCUT2D eigenvalue weighted by Gasteiger charge is -2.36. The van der Waals surface area contributed by atoms with Gasteiger partial charge in [-0.05, 0) is 63.0 Å². The Balaban J connectivity index is 1.48. The van der Waals surface area contributed by atoms with E-state index < -0.39 is 11.7 Å². The molecular formula is C26H29F3N6O. The van der Waals surface area contributed by atoms with Crippen LogP contribution in [-0.4, -0.2) is 62.5 Å². The quantitative estimate of drug-likeness (QED) is 0.575. The highest BCUT2D eigenvalue weighted by Gasteiger charge is 2.33. The molecule has 2 fully saturated rings. The maximum Gasteiger partial charge on any atom is 0.416 e. The molecule has 0 spiro atoms. The number of nitrogen functional groups attached to an aromatic ring is 1. The van der Waals surface area contributed by atoms with Gasteiger partial charge in [0.1, 0.15) is 23.0 Å². The molecule has 4 heterocycles. The highest BCUT2D eigenvalue weighted by atomic mass is 19.4. The molecule has 1 amide bonds. The van der Waals surface area contributed by atoms with Gasteiger partial charge in [-0.25, -0.2) is 9.97 Å². The van der Waals surface area contributed by atoms with E-state index in [0.717, 1.165) is 38.1 Å². The zero-order chi connectivity index (χ0) is 25.4. The second-order valence-electron chi connectivity index (χ2n) is 9.50. The van der Waals surface area contributed by atoms with Crippen LogP contribution >= 0.6 is 0 Å². The van der Waals surface area contributed by atoms with E-state index in [0.29, 0.717) is 53.3 Å². The first-order chi connectivity index (χ1) is 17.2. The number of carbonyl (C=O) groups excluding carboxylic acids is 1. The molecule has 7 nitrogen and oxygen atoms in total. The number of alkyl halides is 3. The monoisotopic (exact) mass is 498 g/mol. The van der Waals surface area contributed by atoms with Gasteiger partial charge in [0.05, 0.1) is 5.56 Å². The Morgan fingerprint density at radius 1 is 0.972 bits per heavy atom. The summed E-state index contributed by atoms with van der Waals surface area (Å²) in [6, 6.07) is 8.71. The third-order valence-corrected chi connectivity index (χ3v) is 7.24. The van der Waals surface area contributed by atoms with Crippen LogP contribution in [0.1, 0.15) is 41.7 Å². The number of piperidine rings is 1. The minimum Gasteiger partial charge on any atom is -0.384 e.